The molecule has 2 N–H and O–H groups in total. The van der Waals surface area contributed by atoms with Crippen molar-refractivity contribution >= 4 is 56.3 Å². The molecular formula is C19H21ClN2O2S2. The van der Waals surface area contributed by atoms with Gasteiger partial charge in [-0.25, -0.2) is 0 Å². The standard InChI is InChI=1S/C19H21ClN2O2S2/c1-24-13-7-8-14-15(11-13)26-17(16(14)20)18(23)22-19(25)21-10-9-12-5-3-2-4-6-12/h5,7-8,11H,2-4,6,9-10H2,1H3,(H2,21,22,23,25). The van der Waals surface area contributed by atoms with Crippen molar-refractivity contribution in [2.24, 2.45) is 0 Å². The highest BCUT2D eigenvalue weighted by atomic mass is 35.5. The van der Waals surface area contributed by atoms with E-state index in [1.54, 1.807) is 7.11 Å². The van der Waals surface area contributed by atoms with Crippen LogP contribution in [0.1, 0.15) is 41.8 Å². The van der Waals surface area contributed by atoms with Gasteiger partial charge in [0, 0.05) is 16.6 Å². The average Bonchev–Trinajstić information content (AvgIpc) is 2.98. The summed E-state index contributed by atoms with van der Waals surface area (Å²) in [4.78, 5) is 13.0. The summed E-state index contributed by atoms with van der Waals surface area (Å²) in [5.74, 6) is 0.445. The zero-order valence-corrected chi connectivity index (χ0v) is 17.0. The smallest absolute Gasteiger partial charge is 0.269 e. The van der Waals surface area contributed by atoms with Crippen LogP contribution in [-0.4, -0.2) is 24.7 Å². The van der Waals surface area contributed by atoms with Crippen molar-refractivity contribution in [3.63, 3.8) is 0 Å². The van der Waals surface area contributed by atoms with E-state index in [4.69, 9.17) is 28.6 Å². The van der Waals surface area contributed by atoms with E-state index in [2.05, 4.69) is 16.7 Å². The second kappa shape index (κ2) is 8.84. The Kier molecular flexibility index (Phi) is 6.51. The molecule has 1 aliphatic rings. The quantitative estimate of drug-likeness (QED) is 0.536. The predicted octanol–water partition coefficient (Wildman–Crippen LogP) is 5.06. The number of hydrogen-bond donors (Lipinski definition) is 2. The number of ether oxygens (including phenoxy) is 1. The van der Waals surface area contributed by atoms with E-state index in [-0.39, 0.29) is 5.91 Å². The maximum absolute atomic E-state index is 12.5. The Balaban J connectivity index is 1.58. The third-order valence-electron chi connectivity index (χ3n) is 4.39. The van der Waals surface area contributed by atoms with E-state index in [0.717, 1.165) is 28.8 Å². The highest BCUT2D eigenvalue weighted by Crippen LogP contribution is 2.37. The number of rotatable bonds is 5. The zero-order valence-electron chi connectivity index (χ0n) is 14.6. The second-order valence-electron chi connectivity index (χ2n) is 6.18. The molecule has 138 valence electrons. The summed E-state index contributed by atoms with van der Waals surface area (Å²) in [6.07, 6.45) is 8.17. The molecular weight excluding hydrogens is 388 g/mol. The number of benzene rings is 1. The van der Waals surface area contributed by atoms with E-state index < -0.39 is 0 Å². The fourth-order valence-corrected chi connectivity index (χ4v) is 4.63. The summed E-state index contributed by atoms with van der Waals surface area (Å²) < 4.78 is 6.12. The molecule has 3 rings (SSSR count). The van der Waals surface area contributed by atoms with Gasteiger partial charge in [0.15, 0.2) is 5.11 Å². The third kappa shape index (κ3) is 4.55. The Labute approximate surface area is 167 Å². The van der Waals surface area contributed by atoms with Gasteiger partial charge in [0.05, 0.1) is 12.1 Å². The lowest BCUT2D eigenvalue weighted by Crippen LogP contribution is -2.39. The topological polar surface area (TPSA) is 50.4 Å². The van der Waals surface area contributed by atoms with Crippen LogP contribution in [0.25, 0.3) is 10.1 Å². The van der Waals surface area contributed by atoms with Crippen LogP contribution in [0.2, 0.25) is 5.02 Å². The number of halogens is 1. The molecule has 0 aliphatic heterocycles. The molecule has 7 heteroatoms. The lowest BCUT2D eigenvalue weighted by Gasteiger charge is -2.14. The van der Waals surface area contributed by atoms with Crippen molar-refractivity contribution in [3.8, 4) is 5.75 Å². The van der Waals surface area contributed by atoms with E-state index in [1.165, 1.54) is 42.6 Å². The Morgan fingerprint density at radius 3 is 2.96 bits per heavy atom. The third-order valence-corrected chi connectivity index (χ3v) is 6.29. The van der Waals surface area contributed by atoms with Gasteiger partial charge in [0.2, 0.25) is 0 Å². The highest BCUT2D eigenvalue weighted by Gasteiger charge is 2.18. The van der Waals surface area contributed by atoms with Crippen molar-refractivity contribution in [1.29, 1.82) is 0 Å². The first-order valence-corrected chi connectivity index (χ1v) is 10.2. The van der Waals surface area contributed by atoms with Crippen LogP contribution in [0.3, 0.4) is 0 Å². The molecule has 0 bridgehead atoms. The number of thiophene rings is 1. The summed E-state index contributed by atoms with van der Waals surface area (Å²) in [5.41, 5.74) is 1.47. The van der Waals surface area contributed by atoms with E-state index in [0.29, 0.717) is 15.0 Å². The molecule has 0 spiro atoms. The molecule has 1 heterocycles. The molecule has 0 saturated carbocycles. The number of hydrogen-bond acceptors (Lipinski definition) is 4. The molecule has 0 saturated heterocycles. The van der Waals surface area contributed by atoms with Crippen LogP contribution >= 0.6 is 35.2 Å². The number of nitrogens with one attached hydrogen (secondary N) is 2. The summed E-state index contributed by atoms with van der Waals surface area (Å²) >= 11 is 12.9. The van der Waals surface area contributed by atoms with Gasteiger partial charge in [-0.15, -0.1) is 11.3 Å². The van der Waals surface area contributed by atoms with Crippen LogP contribution in [0.15, 0.2) is 29.8 Å². The van der Waals surface area contributed by atoms with E-state index >= 15 is 0 Å². The average molecular weight is 409 g/mol. The monoisotopic (exact) mass is 408 g/mol. The van der Waals surface area contributed by atoms with Gasteiger partial charge >= 0.3 is 0 Å². The lowest BCUT2D eigenvalue weighted by atomic mass is 9.97. The van der Waals surface area contributed by atoms with Crippen LogP contribution in [-0.2, 0) is 0 Å². The number of fused-ring (bicyclic) bond motifs is 1. The number of carbonyl (C=O) groups is 1. The van der Waals surface area contributed by atoms with Gasteiger partial charge in [-0.2, -0.15) is 0 Å². The molecule has 0 radical (unpaired) electrons. The first kappa shape index (κ1) is 19.1. The maximum Gasteiger partial charge on any atom is 0.269 e. The molecule has 1 aromatic heterocycles. The van der Waals surface area contributed by atoms with Gasteiger partial charge in [0.1, 0.15) is 10.6 Å². The summed E-state index contributed by atoms with van der Waals surface area (Å²) in [5, 5.41) is 7.44. The Morgan fingerprint density at radius 2 is 2.23 bits per heavy atom. The molecule has 1 aliphatic carbocycles. The van der Waals surface area contributed by atoms with Crippen molar-refractivity contribution < 1.29 is 9.53 Å². The molecule has 4 nitrogen and oxygen atoms in total. The molecule has 1 amide bonds. The zero-order chi connectivity index (χ0) is 18.5. The first-order chi connectivity index (χ1) is 12.6. The van der Waals surface area contributed by atoms with Crippen LogP contribution in [0.4, 0.5) is 0 Å². The Hall–Kier alpha value is -1.63. The SMILES string of the molecule is COc1ccc2c(Cl)c(C(=O)NC(=S)NCCC3=CCCCC3)sc2c1. The van der Waals surface area contributed by atoms with Crippen molar-refractivity contribution in [3.05, 3.63) is 39.7 Å². The predicted molar refractivity (Wildman–Crippen MR) is 113 cm³/mol. The number of amides is 1. The Morgan fingerprint density at radius 1 is 1.38 bits per heavy atom. The molecule has 2 aromatic rings. The fraction of sp³-hybridized carbons (Fsp3) is 0.368. The van der Waals surface area contributed by atoms with Crippen LogP contribution in [0.5, 0.6) is 5.75 Å². The maximum atomic E-state index is 12.5. The van der Waals surface area contributed by atoms with Crippen LogP contribution in [0, 0.1) is 0 Å². The van der Waals surface area contributed by atoms with E-state index in [1.807, 2.05) is 18.2 Å². The van der Waals surface area contributed by atoms with Gasteiger partial charge < -0.3 is 10.1 Å². The van der Waals surface area contributed by atoms with Crippen molar-refractivity contribution in [1.82, 2.24) is 10.6 Å². The molecule has 0 atom stereocenters. The lowest BCUT2D eigenvalue weighted by molar-refractivity contribution is 0.0981. The fourth-order valence-electron chi connectivity index (χ4n) is 2.99. The second-order valence-corrected chi connectivity index (χ2v) is 8.01. The van der Waals surface area contributed by atoms with Gasteiger partial charge in [-0.05, 0) is 62.5 Å². The van der Waals surface area contributed by atoms with E-state index in [9.17, 15) is 4.79 Å². The summed E-state index contributed by atoms with van der Waals surface area (Å²) in [6.45, 7) is 0.724. The first-order valence-electron chi connectivity index (χ1n) is 8.61. The summed E-state index contributed by atoms with van der Waals surface area (Å²) in [7, 11) is 1.61. The largest absolute Gasteiger partial charge is 0.497 e. The number of carbonyl (C=O) groups excluding carboxylic acids is 1. The molecule has 0 unspecified atom stereocenters. The minimum absolute atomic E-state index is 0.287. The summed E-state index contributed by atoms with van der Waals surface area (Å²) in [6, 6.07) is 5.56. The van der Waals surface area contributed by atoms with Gasteiger partial charge in [-0.3, -0.25) is 10.1 Å². The van der Waals surface area contributed by atoms with Gasteiger partial charge in [-0.1, -0.05) is 23.3 Å². The Bertz CT molecular complexity index is 861. The van der Waals surface area contributed by atoms with Crippen molar-refractivity contribution in [2.45, 2.75) is 32.1 Å². The highest BCUT2D eigenvalue weighted by molar-refractivity contribution is 7.80. The normalized spacial score (nSPS) is 14.0. The van der Waals surface area contributed by atoms with Gasteiger partial charge in [0.25, 0.3) is 5.91 Å². The molecule has 1 aromatic carbocycles. The van der Waals surface area contributed by atoms with Crippen LogP contribution < -0.4 is 15.4 Å². The minimum Gasteiger partial charge on any atom is -0.497 e. The molecule has 0 fully saturated rings. The number of methoxy groups -OCH3 is 1. The number of thiocarbonyl (C=S) groups is 1. The number of allylic oxidation sites excluding steroid dienone is 1. The minimum atomic E-state index is -0.287. The molecule has 26 heavy (non-hydrogen) atoms. The van der Waals surface area contributed by atoms with Crippen molar-refractivity contribution in [2.75, 3.05) is 13.7 Å².